The fourth-order valence-electron chi connectivity index (χ4n) is 1.26. The third kappa shape index (κ3) is 1.42. The first-order valence-electron chi connectivity index (χ1n) is 4.19. The van der Waals surface area contributed by atoms with Gasteiger partial charge in [0.05, 0.1) is 18.2 Å². The summed E-state index contributed by atoms with van der Waals surface area (Å²) in [4.78, 5) is 18.4. The number of aromatic nitrogens is 3. The fourth-order valence-corrected chi connectivity index (χ4v) is 1.26. The highest BCUT2D eigenvalue weighted by Crippen LogP contribution is 2.16. The molecule has 0 bridgehead atoms. The minimum absolute atomic E-state index is 0.441. The Bertz CT molecular complexity index is 445. The summed E-state index contributed by atoms with van der Waals surface area (Å²) in [5.41, 5.74) is 2.38. The predicted octanol–water partition coefficient (Wildman–Crippen LogP) is 1.29. The summed E-state index contributed by atoms with van der Waals surface area (Å²) < 4.78 is 1.90. The molecule has 70 valence electrons. The number of aldehydes is 1. The van der Waals surface area contributed by atoms with Crippen LogP contribution in [0.2, 0.25) is 0 Å². The van der Waals surface area contributed by atoms with E-state index >= 15 is 0 Å². The van der Waals surface area contributed by atoms with Crippen molar-refractivity contribution in [3.05, 3.63) is 36.5 Å². The zero-order valence-corrected chi connectivity index (χ0v) is 7.71. The molecule has 2 heterocycles. The van der Waals surface area contributed by atoms with Gasteiger partial charge in [0.2, 0.25) is 0 Å². The Morgan fingerprint density at radius 1 is 1.36 bits per heavy atom. The maximum Gasteiger partial charge on any atom is 0.168 e. The minimum atomic E-state index is 0.441. The smallest absolute Gasteiger partial charge is 0.168 e. The summed E-state index contributed by atoms with van der Waals surface area (Å²) in [6.07, 6.45) is 5.88. The predicted molar refractivity (Wildman–Crippen MR) is 51.8 cm³/mol. The molecule has 0 aliphatic rings. The number of aryl methyl sites for hydroxylation is 1. The summed E-state index contributed by atoms with van der Waals surface area (Å²) in [5.74, 6) is 0. The van der Waals surface area contributed by atoms with Crippen molar-refractivity contribution in [1.29, 1.82) is 0 Å². The summed E-state index contributed by atoms with van der Waals surface area (Å²) in [6.45, 7) is 0. The third-order valence-electron chi connectivity index (χ3n) is 2.02. The van der Waals surface area contributed by atoms with Crippen molar-refractivity contribution in [3.63, 3.8) is 0 Å². The number of rotatable bonds is 2. The van der Waals surface area contributed by atoms with Crippen molar-refractivity contribution in [2.24, 2.45) is 7.05 Å². The van der Waals surface area contributed by atoms with E-state index in [4.69, 9.17) is 0 Å². The molecule has 4 nitrogen and oxygen atoms in total. The van der Waals surface area contributed by atoms with Gasteiger partial charge in [-0.05, 0) is 12.1 Å². The SMILES string of the molecule is Cn1cncc1-c1ccc(C=O)nc1. The summed E-state index contributed by atoms with van der Waals surface area (Å²) in [5, 5.41) is 0. The Morgan fingerprint density at radius 2 is 2.21 bits per heavy atom. The molecule has 0 unspecified atom stereocenters. The lowest BCUT2D eigenvalue weighted by atomic mass is 10.2. The van der Waals surface area contributed by atoms with Crippen LogP contribution in [0.15, 0.2) is 30.9 Å². The average Bonchev–Trinajstić information content (AvgIpc) is 2.65. The Kier molecular flexibility index (Phi) is 2.10. The van der Waals surface area contributed by atoms with Crippen molar-refractivity contribution in [2.75, 3.05) is 0 Å². The second-order valence-electron chi connectivity index (χ2n) is 2.98. The zero-order chi connectivity index (χ0) is 9.97. The molecule has 4 heteroatoms. The molecule has 0 aromatic carbocycles. The van der Waals surface area contributed by atoms with Crippen molar-refractivity contribution in [2.45, 2.75) is 0 Å². The van der Waals surface area contributed by atoms with Crippen LogP contribution in [0.25, 0.3) is 11.3 Å². The first kappa shape index (κ1) is 8.62. The van der Waals surface area contributed by atoms with Gasteiger partial charge in [-0.15, -0.1) is 0 Å². The summed E-state index contributed by atoms with van der Waals surface area (Å²) >= 11 is 0. The van der Waals surface area contributed by atoms with Crippen LogP contribution in [0.4, 0.5) is 0 Å². The molecule has 0 amide bonds. The molecule has 0 saturated carbocycles. The van der Waals surface area contributed by atoms with E-state index in [9.17, 15) is 4.79 Å². The van der Waals surface area contributed by atoms with Gasteiger partial charge in [-0.1, -0.05) is 0 Å². The van der Waals surface area contributed by atoms with Crippen molar-refractivity contribution in [3.8, 4) is 11.3 Å². The van der Waals surface area contributed by atoms with Crippen LogP contribution in [0.3, 0.4) is 0 Å². The quantitative estimate of drug-likeness (QED) is 0.665. The number of nitrogens with zero attached hydrogens (tertiary/aromatic N) is 3. The van der Waals surface area contributed by atoms with Crippen LogP contribution >= 0.6 is 0 Å². The highest BCUT2D eigenvalue weighted by atomic mass is 16.1. The Hall–Kier alpha value is -1.97. The molecule has 2 aromatic heterocycles. The standard InChI is InChI=1S/C10H9N3O/c1-13-7-11-5-10(13)8-2-3-9(6-14)12-4-8/h2-7H,1H3. The first-order valence-corrected chi connectivity index (χ1v) is 4.19. The van der Waals surface area contributed by atoms with Crippen LogP contribution in [0.1, 0.15) is 10.5 Å². The van der Waals surface area contributed by atoms with Crippen molar-refractivity contribution < 1.29 is 4.79 Å². The molecular weight excluding hydrogens is 178 g/mol. The molecule has 0 atom stereocenters. The molecule has 0 N–H and O–H groups in total. The maximum atomic E-state index is 10.4. The Balaban J connectivity index is 2.43. The van der Waals surface area contributed by atoms with E-state index in [2.05, 4.69) is 9.97 Å². The second-order valence-corrected chi connectivity index (χ2v) is 2.98. The molecule has 0 aliphatic heterocycles. The number of imidazole rings is 1. The van der Waals surface area contributed by atoms with E-state index in [-0.39, 0.29) is 0 Å². The van der Waals surface area contributed by atoms with Gasteiger partial charge in [0.25, 0.3) is 0 Å². The van der Waals surface area contributed by atoms with E-state index in [1.54, 1.807) is 24.8 Å². The molecule has 2 rings (SSSR count). The average molecular weight is 187 g/mol. The largest absolute Gasteiger partial charge is 0.334 e. The van der Waals surface area contributed by atoms with Crippen LogP contribution in [0.5, 0.6) is 0 Å². The van der Waals surface area contributed by atoms with E-state index < -0.39 is 0 Å². The molecule has 0 aliphatic carbocycles. The van der Waals surface area contributed by atoms with Crippen LogP contribution in [-0.4, -0.2) is 20.8 Å². The molecule has 0 spiro atoms. The highest BCUT2D eigenvalue weighted by molar-refractivity contribution is 5.72. The molecule has 0 saturated heterocycles. The van der Waals surface area contributed by atoms with Gasteiger partial charge in [0, 0.05) is 18.8 Å². The molecular formula is C10H9N3O. The topological polar surface area (TPSA) is 47.8 Å². The number of pyridine rings is 1. The van der Waals surface area contributed by atoms with Crippen molar-refractivity contribution in [1.82, 2.24) is 14.5 Å². The van der Waals surface area contributed by atoms with Gasteiger partial charge in [0.1, 0.15) is 5.69 Å². The van der Waals surface area contributed by atoms with Gasteiger partial charge in [-0.25, -0.2) is 4.98 Å². The van der Waals surface area contributed by atoms with Crippen molar-refractivity contribution >= 4 is 6.29 Å². The minimum Gasteiger partial charge on any atom is -0.334 e. The van der Waals surface area contributed by atoms with E-state index in [1.165, 1.54) is 0 Å². The Morgan fingerprint density at radius 3 is 2.71 bits per heavy atom. The number of hydrogen-bond donors (Lipinski definition) is 0. The lowest BCUT2D eigenvalue weighted by Crippen LogP contribution is -1.91. The lowest BCUT2D eigenvalue weighted by molar-refractivity contribution is 0.111. The molecule has 0 fully saturated rings. The van der Waals surface area contributed by atoms with Crippen LogP contribution in [0, 0.1) is 0 Å². The van der Waals surface area contributed by atoms with Crippen LogP contribution < -0.4 is 0 Å². The monoisotopic (exact) mass is 187 g/mol. The zero-order valence-electron chi connectivity index (χ0n) is 7.71. The molecule has 0 radical (unpaired) electrons. The number of carbonyl (C=O) groups is 1. The van der Waals surface area contributed by atoms with Gasteiger partial charge in [-0.3, -0.25) is 9.78 Å². The molecule has 14 heavy (non-hydrogen) atoms. The molecule has 2 aromatic rings. The normalized spacial score (nSPS) is 10.1. The van der Waals surface area contributed by atoms with E-state index in [0.29, 0.717) is 5.69 Å². The lowest BCUT2D eigenvalue weighted by Gasteiger charge is -2.00. The van der Waals surface area contributed by atoms with Gasteiger partial charge < -0.3 is 4.57 Å². The highest BCUT2D eigenvalue weighted by Gasteiger charge is 2.02. The van der Waals surface area contributed by atoms with Crippen LogP contribution in [-0.2, 0) is 7.05 Å². The summed E-state index contributed by atoms with van der Waals surface area (Å²) in [6, 6.07) is 3.54. The van der Waals surface area contributed by atoms with E-state index in [0.717, 1.165) is 17.5 Å². The van der Waals surface area contributed by atoms with Gasteiger partial charge >= 0.3 is 0 Å². The second kappa shape index (κ2) is 3.41. The first-order chi connectivity index (χ1) is 6.81. The van der Waals surface area contributed by atoms with Gasteiger partial charge in [-0.2, -0.15) is 0 Å². The maximum absolute atomic E-state index is 10.4. The van der Waals surface area contributed by atoms with E-state index in [1.807, 2.05) is 17.7 Å². The Labute approximate surface area is 81.2 Å². The summed E-state index contributed by atoms with van der Waals surface area (Å²) in [7, 11) is 1.91. The fraction of sp³-hybridized carbons (Fsp3) is 0.100. The number of carbonyl (C=O) groups excluding carboxylic acids is 1. The van der Waals surface area contributed by atoms with Gasteiger partial charge in [0.15, 0.2) is 6.29 Å². The third-order valence-corrected chi connectivity index (χ3v) is 2.02. The number of hydrogen-bond acceptors (Lipinski definition) is 3.